The van der Waals surface area contributed by atoms with Crippen molar-refractivity contribution in [3.63, 3.8) is 0 Å². The maximum absolute atomic E-state index is 12.8. The molecular formula is C17H15FO3. The Morgan fingerprint density at radius 1 is 1.14 bits per heavy atom. The van der Waals surface area contributed by atoms with Crippen molar-refractivity contribution in [2.45, 2.75) is 12.8 Å². The molecule has 0 heterocycles. The van der Waals surface area contributed by atoms with E-state index in [1.54, 1.807) is 24.3 Å². The Morgan fingerprint density at radius 3 is 2.62 bits per heavy atom. The van der Waals surface area contributed by atoms with Crippen LogP contribution in [0.5, 0.6) is 5.75 Å². The Balaban J connectivity index is 1.77. The van der Waals surface area contributed by atoms with E-state index in [9.17, 15) is 14.0 Å². The zero-order valence-corrected chi connectivity index (χ0v) is 11.4. The molecule has 0 aliphatic rings. The summed E-state index contributed by atoms with van der Waals surface area (Å²) < 4.78 is 18.2. The van der Waals surface area contributed by atoms with Crippen molar-refractivity contribution in [2.24, 2.45) is 0 Å². The van der Waals surface area contributed by atoms with Crippen LogP contribution in [0.1, 0.15) is 33.6 Å². The second-order valence-electron chi connectivity index (χ2n) is 4.57. The number of ether oxygens (including phenoxy) is 1. The molecule has 0 N–H and O–H groups in total. The number of aldehydes is 1. The van der Waals surface area contributed by atoms with Gasteiger partial charge in [0, 0.05) is 17.5 Å². The molecule has 0 bridgehead atoms. The predicted octanol–water partition coefficient (Wildman–Crippen LogP) is 3.68. The molecule has 0 atom stereocenters. The number of Topliss-reactive ketones (excluding diaryl/α,β-unsaturated/α-hetero) is 1. The first-order chi connectivity index (χ1) is 10.2. The number of hydrogen-bond donors (Lipinski definition) is 0. The zero-order chi connectivity index (χ0) is 15.1. The summed E-state index contributed by atoms with van der Waals surface area (Å²) in [5.74, 6) is 0.207. The molecule has 0 saturated heterocycles. The van der Waals surface area contributed by atoms with Gasteiger partial charge in [0.2, 0.25) is 0 Å². The molecule has 2 rings (SSSR count). The number of benzene rings is 2. The lowest BCUT2D eigenvalue weighted by atomic mass is 10.1. The van der Waals surface area contributed by atoms with Gasteiger partial charge in [-0.3, -0.25) is 9.59 Å². The first kappa shape index (κ1) is 14.9. The third kappa shape index (κ3) is 4.53. The second kappa shape index (κ2) is 7.33. The smallest absolute Gasteiger partial charge is 0.163 e. The summed E-state index contributed by atoms with van der Waals surface area (Å²) in [5, 5.41) is 0. The molecule has 2 aromatic carbocycles. The standard InChI is InChI=1S/C17H15FO3/c18-15-8-6-14(7-9-15)17(20)5-2-10-21-16-4-1-3-13(11-16)12-19/h1,3-4,6-9,11-12H,2,5,10H2. The minimum atomic E-state index is -0.357. The molecule has 0 amide bonds. The monoisotopic (exact) mass is 286 g/mol. The maximum atomic E-state index is 12.8. The highest BCUT2D eigenvalue weighted by Crippen LogP contribution is 2.13. The number of carbonyl (C=O) groups excluding carboxylic acids is 2. The largest absolute Gasteiger partial charge is 0.494 e. The SMILES string of the molecule is O=Cc1cccc(OCCCC(=O)c2ccc(F)cc2)c1. The fraction of sp³-hybridized carbons (Fsp3) is 0.176. The van der Waals surface area contributed by atoms with Crippen molar-refractivity contribution in [1.82, 2.24) is 0 Å². The van der Waals surface area contributed by atoms with Gasteiger partial charge in [0.25, 0.3) is 0 Å². The maximum Gasteiger partial charge on any atom is 0.163 e. The van der Waals surface area contributed by atoms with Crippen LogP contribution in [0.15, 0.2) is 48.5 Å². The van der Waals surface area contributed by atoms with E-state index in [4.69, 9.17) is 4.74 Å². The van der Waals surface area contributed by atoms with Crippen LogP contribution in [0.3, 0.4) is 0 Å². The summed E-state index contributed by atoms with van der Waals surface area (Å²) in [7, 11) is 0. The highest BCUT2D eigenvalue weighted by molar-refractivity contribution is 5.95. The highest BCUT2D eigenvalue weighted by Gasteiger charge is 2.06. The van der Waals surface area contributed by atoms with Crippen molar-refractivity contribution < 1.29 is 18.7 Å². The van der Waals surface area contributed by atoms with Crippen LogP contribution in [0.25, 0.3) is 0 Å². The topological polar surface area (TPSA) is 43.4 Å². The third-order valence-electron chi connectivity index (χ3n) is 2.98. The number of carbonyl (C=O) groups is 2. The van der Waals surface area contributed by atoms with Gasteiger partial charge in [0.1, 0.15) is 17.9 Å². The zero-order valence-electron chi connectivity index (χ0n) is 11.4. The Morgan fingerprint density at radius 2 is 1.90 bits per heavy atom. The van der Waals surface area contributed by atoms with E-state index >= 15 is 0 Å². The van der Waals surface area contributed by atoms with Crippen LogP contribution >= 0.6 is 0 Å². The lowest BCUT2D eigenvalue weighted by Crippen LogP contribution is -2.04. The Labute approximate surface area is 122 Å². The first-order valence-electron chi connectivity index (χ1n) is 6.66. The van der Waals surface area contributed by atoms with E-state index in [-0.39, 0.29) is 11.6 Å². The first-order valence-corrected chi connectivity index (χ1v) is 6.66. The lowest BCUT2D eigenvalue weighted by Gasteiger charge is -2.06. The predicted molar refractivity (Wildman–Crippen MR) is 77.3 cm³/mol. The Hall–Kier alpha value is -2.49. The number of hydrogen-bond acceptors (Lipinski definition) is 3. The second-order valence-corrected chi connectivity index (χ2v) is 4.57. The number of ketones is 1. The number of halogens is 1. The van der Waals surface area contributed by atoms with Gasteiger partial charge >= 0.3 is 0 Å². The molecule has 0 saturated carbocycles. The molecule has 0 unspecified atom stereocenters. The van der Waals surface area contributed by atoms with Gasteiger partial charge in [0.05, 0.1) is 6.61 Å². The van der Waals surface area contributed by atoms with E-state index in [1.165, 1.54) is 24.3 Å². The Bertz CT molecular complexity index is 620. The molecule has 0 aliphatic heterocycles. The molecule has 0 fully saturated rings. The molecular weight excluding hydrogens is 271 g/mol. The van der Waals surface area contributed by atoms with Crippen LogP contribution in [-0.2, 0) is 0 Å². The summed E-state index contributed by atoms with van der Waals surface area (Å²) in [6.45, 7) is 0.384. The van der Waals surface area contributed by atoms with Crippen molar-refractivity contribution in [1.29, 1.82) is 0 Å². The van der Waals surface area contributed by atoms with Crippen molar-refractivity contribution in [3.8, 4) is 5.75 Å². The summed E-state index contributed by atoms with van der Waals surface area (Å²) in [6.07, 6.45) is 1.64. The van der Waals surface area contributed by atoms with Gasteiger partial charge in [-0.2, -0.15) is 0 Å². The van der Waals surface area contributed by atoms with Crippen LogP contribution in [-0.4, -0.2) is 18.7 Å². The minimum Gasteiger partial charge on any atom is -0.494 e. The van der Waals surface area contributed by atoms with E-state index in [2.05, 4.69) is 0 Å². The summed E-state index contributed by atoms with van der Waals surface area (Å²) in [5.41, 5.74) is 1.05. The lowest BCUT2D eigenvalue weighted by molar-refractivity contribution is 0.0973. The Kier molecular flexibility index (Phi) is 5.21. The summed E-state index contributed by atoms with van der Waals surface area (Å²) in [6, 6.07) is 12.3. The molecule has 3 nitrogen and oxygen atoms in total. The average molecular weight is 286 g/mol. The van der Waals surface area contributed by atoms with E-state index in [1.807, 2.05) is 0 Å². The molecule has 21 heavy (non-hydrogen) atoms. The van der Waals surface area contributed by atoms with Gasteiger partial charge in [-0.15, -0.1) is 0 Å². The third-order valence-corrected chi connectivity index (χ3v) is 2.98. The van der Waals surface area contributed by atoms with Crippen LogP contribution in [0.2, 0.25) is 0 Å². The van der Waals surface area contributed by atoms with Crippen LogP contribution < -0.4 is 4.74 Å². The summed E-state index contributed by atoms with van der Waals surface area (Å²) in [4.78, 5) is 22.5. The number of rotatable bonds is 7. The highest BCUT2D eigenvalue weighted by atomic mass is 19.1. The van der Waals surface area contributed by atoms with Crippen molar-refractivity contribution in [3.05, 3.63) is 65.5 Å². The van der Waals surface area contributed by atoms with Gasteiger partial charge in [-0.25, -0.2) is 4.39 Å². The van der Waals surface area contributed by atoms with Crippen LogP contribution in [0.4, 0.5) is 4.39 Å². The van der Waals surface area contributed by atoms with Crippen molar-refractivity contribution >= 4 is 12.1 Å². The fourth-order valence-corrected chi connectivity index (χ4v) is 1.88. The van der Waals surface area contributed by atoms with Gasteiger partial charge in [-0.1, -0.05) is 12.1 Å². The minimum absolute atomic E-state index is 0.0414. The van der Waals surface area contributed by atoms with Crippen LogP contribution in [0, 0.1) is 5.82 Å². The molecule has 4 heteroatoms. The summed E-state index contributed by atoms with van der Waals surface area (Å²) >= 11 is 0. The normalized spacial score (nSPS) is 10.1. The fourth-order valence-electron chi connectivity index (χ4n) is 1.88. The molecule has 108 valence electrons. The molecule has 0 aromatic heterocycles. The molecule has 0 radical (unpaired) electrons. The quantitative estimate of drug-likeness (QED) is 0.443. The van der Waals surface area contributed by atoms with E-state index in [0.717, 1.165) is 6.29 Å². The van der Waals surface area contributed by atoms with Gasteiger partial charge in [-0.05, 0) is 42.8 Å². The molecule has 0 aliphatic carbocycles. The van der Waals surface area contributed by atoms with Crippen molar-refractivity contribution in [2.75, 3.05) is 6.61 Å². The molecule has 2 aromatic rings. The average Bonchev–Trinajstić information content (AvgIpc) is 2.52. The van der Waals surface area contributed by atoms with Gasteiger partial charge in [0.15, 0.2) is 5.78 Å². The molecule has 0 spiro atoms. The van der Waals surface area contributed by atoms with E-state index in [0.29, 0.717) is 36.3 Å². The van der Waals surface area contributed by atoms with E-state index < -0.39 is 0 Å². The van der Waals surface area contributed by atoms with Gasteiger partial charge < -0.3 is 4.74 Å².